The highest BCUT2D eigenvalue weighted by molar-refractivity contribution is 6.32. The molecule has 0 heterocycles. The second-order valence-corrected chi connectivity index (χ2v) is 4.38. The Bertz CT molecular complexity index is 434. The van der Waals surface area contributed by atoms with E-state index in [1.807, 2.05) is 0 Å². The normalized spacial score (nSPS) is 13.6. The Morgan fingerprint density at radius 3 is 2.67 bits per heavy atom. The maximum atomic E-state index is 11.3. The zero-order valence-corrected chi connectivity index (χ0v) is 11.2. The van der Waals surface area contributed by atoms with E-state index in [2.05, 4.69) is 10.1 Å². The fourth-order valence-corrected chi connectivity index (χ4v) is 1.60. The molecule has 0 radical (unpaired) electrons. The van der Waals surface area contributed by atoms with Gasteiger partial charge < -0.3 is 19.9 Å². The topological polar surface area (TPSA) is 67.8 Å². The van der Waals surface area contributed by atoms with Crippen molar-refractivity contribution in [2.75, 3.05) is 26.1 Å². The number of halogens is 1. The van der Waals surface area contributed by atoms with E-state index in [9.17, 15) is 9.90 Å². The van der Waals surface area contributed by atoms with Gasteiger partial charge >= 0.3 is 5.97 Å². The van der Waals surface area contributed by atoms with Gasteiger partial charge in [-0.05, 0) is 25.1 Å². The smallest absolute Gasteiger partial charge is 0.339 e. The molecular formula is C12H16ClNO4. The number of hydrogen-bond donors (Lipinski definition) is 2. The molecule has 1 unspecified atom stereocenters. The molecular weight excluding hydrogens is 258 g/mol. The van der Waals surface area contributed by atoms with Gasteiger partial charge in [-0.25, -0.2) is 4.79 Å². The van der Waals surface area contributed by atoms with Gasteiger partial charge in [-0.15, -0.1) is 0 Å². The third kappa shape index (κ3) is 3.51. The van der Waals surface area contributed by atoms with Crippen molar-refractivity contribution in [3.05, 3.63) is 23.2 Å². The molecule has 18 heavy (non-hydrogen) atoms. The molecule has 100 valence electrons. The maximum absolute atomic E-state index is 11.3. The van der Waals surface area contributed by atoms with Crippen molar-refractivity contribution in [2.24, 2.45) is 0 Å². The maximum Gasteiger partial charge on any atom is 0.339 e. The second kappa shape index (κ2) is 5.93. The van der Waals surface area contributed by atoms with Crippen LogP contribution in [0.2, 0.25) is 5.02 Å². The minimum atomic E-state index is -1.60. The quantitative estimate of drug-likeness (QED) is 0.799. The van der Waals surface area contributed by atoms with Crippen LogP contribution in [-0.2, 0) is 9.53 Å². The number of esters is 1. The van der Waals surface area contributed by atoms with E-state index in [0.29, 0.717) is 16.5 Å². The summed E-state index contributed by atoms with van der Waals surface area (Å²) in [6.07, 6.45) is 0. The van der Waals surface area contributed by atoms with Gasteiger partial charge in [0, 0.05) is 5.69 Å². The lowest BCUT2D eigenvalue weighted by Gasteiger charge is -2.21. The van der Waals surface area contributed by atoms with Crippen LogP contribution in [0.4, 0.5) is 5.69 Å². The first-order valence-electron chi connectivity index (χ1n) is 5.29. The highest BCUT2D eigenvalue weighted by Gasteiger charge is 2.31. The lowest BCUT2D eigenvalue weighted by molar-refractivity contribution is -0.158. The molecule has 0 aromatic heterocycles. The summed E-state index contributed by atoms with van der Waals surface area (Å²) >= 11 is 5.95. The number of benzene rings is 1. The van der Waals surface area contributed by atoms with Gasteiger partial charge in [0.2, 0.25) is 0 Å². The minimum Gasteiger partial charge on any atom is -0.495 e. The molecule has 0 spiro atoms. The molecule has 1 aromatic rings. The Kier molecular flexibility index (Phi) is 4.81. The summed E-state index contributed by atoms with van der Waals surface area (Å²) in [5.41, 5.74) is -0.925. The third-order valence-corrected chi connectivity index (χ3v) is 2.71. The molecule has 1 atom stereocenters. The van der Waals surface area contributed by atoms with Gasteiger partial charge in [-0.2, -0.15) is 0 Å². The van der Waals surface area contributed by atoms with Crippen molar-refractivity contribution < 1.29 is 19.4 Å². The van der Waals surface area contributed by atoms with Gasteiger partial charge in [-0.3, -0.25) is 0 Å². The van der Waals surface area contributed by atoms with Crippen LogP contribution in [0.1, 0.15) is 6.92 Å². The number of aliphatic hydroxyl groups is 1. The number of rotatable bonds is 5. The molecule has 0 amide bonds. The molecule has 0 bridgehead atoms. The lowest BCUT2D eigenvalue weighted by Crippen LogP contribution is -2.42. The third-order valence-electron chi connectivity index (χ3n) is 2.41. The summed E-state index contributed by atoms with van der Waals surface area (Å²) in [6, 6.07) is 5.07. The molecule has 0 saturated heterocycles. The minimum absolute atomic E-state index is 0.0162. The SMILES string of the molecule is COC(=O)C(C)(O)CNc1ccc(OC)c(Cl)c1. The molecule has 6 heteroatoms. The van der Waals surface area contributed by atoms with Crippen LogP contribution in [0.25, 0.3) is 0 Å². The molecule has 2 N–H and O–H groups in total. The average Bonchev–Trinajstić information content (AvgIpc) is 2.35. The molecule has 0 aliphatic carbocycles. The predicted octanol–water partition coefficient (Wildman–Crippen LogP) is 1.68. The Hall–Kier alpha value is -1.46. The fraction of sp³-hybridized carbons (Fsp3) is 0.417. The number of anilines is 1. The van der Waals surface area contributed by atoms with Gasteiger partial charge in [-0.1, -0.05) is 11.6 Å². The number of carbonyl (C=O) groups excluding carboxylic acids is 1. The summed E-state index contributed by atoms with van der Waals surface area (Å²) in [5.74, 6) is -0.142. The Morgan fingerprint density at radius 1 is 1.50 bits per heavy atom. The molecule has 0 aliphatic heterocycles. The Balaban J connectivity index is 2.69. The predicted molar refractivity (Wildman–Crippen MR) is 69.1 cm³/mol. The standard InChI is InChI=1S/C12H16ClNO4/c1-12(16,11(15)18-3)7-14-8-4-5-10(17-2)9(13)6-8/h4-6,14,16H,7H2,1-3H3. The van der Waals surface area contributed by atoms with Crippen LogP contribution in [0, 0.1) is 0 Å². The van der Waals surface area contributed by atoms with Crippen molar-refractivity contribution in [2.45, 2.75) is 12.5 Å². The highest BCUT2D eigenvalue weighted by Crippen LogP contribution is 2.27. The Labute approximate surface area is 111 Å². The first kappa shape index (κ1) is 14.6. The van der Waals surface area contributed by atoms with E-state index < -0.39 is 11.6 Å². The van der Waals surface area contributed by atoms with Crippen molar-refractivity contribution in [3.63, 3.8) is 0 Å². The van der Waals surface area contributed by atoms with Crippen LogP contribution in [0.5, 0.6) is 5.75 Å². The molecule has 1 aromatic carbocycles. The Morgan fingerprint density at radius 2 is 2.17 bits per heavy atom. The number of hydrogen-bond acceptors (Lipinski definition) is 5. The summed E-state index contributed by atoms with van der Waals surface area (Å²) in [4.78, 5) is 11.3. The van der Waals surface area contributed by atoms with Crippen LogP contribution in [0.15, 0.2) is 18.2 Å². The molecule has 0 saturated carbocycles. The number of methoxy groups -OCH3 is 2. The first-order valence-corrected chi connectivity index (χ1v) is 5.66. The van der Waals surface area contributed by atoms with Crippen LogP contribution >= 0.6 is 11.6 Å². The molecule has 0 fully saturated rings. The number of ether oxygens (including phenoxy) is 2. The largest absolute Gasteiger partial charge is 0.495 e. The first-order chi connectivity index (χ1) is 8.40. The van der Waals surface area contributed by atoms with E-state index >= 15 is 0 Å². The molecule has 0 aliphatic rings. The van der Waals surface area contributed by atoms with E-state index in [1.165, 1.54) is 21.1 Å². The second-order valence-electron chi connectivity index (χ2n) is 3.97. The van der Waals surface area contributed by atoms with Crippen LogP contribution in [-0.4, -0.2) is 37.4 Å². The zero-order chi connectivity index (χ0) is 13.8. The average molecular weight is 274 g/mol. The van der Waals surface area contributed by atoms with Crippen molar-refractivity contribution in [1.29, 1.82) is 0 Å². The van der Waals surface area contributed by atoms with Gasteiger partial charge in [0.25, 0.3) is 0 Å². The van der Waals surface area contributed by atoms with Gasteiger partial charge in [0.1, 0.15) is 5.75 Å². The van der Waals surface area contributed by atoms with E-state index in [1.54, 1.807) is 18.2 Å². The van der Waals surface area contributed by atoms with Crippen molar-refractivity contribution in [1.82, 2.24) is 0 Å². The van der Waals surface area contributed by atoms with Gasteiger partial charge in [0.15, 0.2) is 5.60 Å². The molecule has 5 nitrogen and oxygen atoms in total. The lowest BCUT2D eigenvalue weighted by atomic mass is 10.1. The summed E-state index contributed by atoms with van der Waals surface area (Å²) in [5, 5.41) is 13.2. The summed E-state index contributed by atoms with van der Waals surface area (Å²) in [7, 11) is 2.75. The van der Waals surface area contributed by atoms with Crippen LogP contribution < -0.4 is 10.1 Å². The fourth-order valence-electron chi connectivity index (χ4n) is 1.34. The van der Waals surface area contributed by atoms with E-state index in [0.717, 1.165) is 0 Å². The highest BCUT2D eigenvalue weighted by atomic mass is 35.5. The van der Waals surface area contributed by atoms with Crippen molar-refractivity contribution in [3.8, 4) is 5.75 Å². The zero-order valence-electron chi connectivity index (χ0n) is 10.5. The van der Waals surface area contributed by atoms with Crippen molar-refractivity contribution >= 4 is 23.3 Å². The van der Waals surface area contributed by atoms with E-state index in [-0.39, 0.29) is 6.54 Å². The summed E-state index contributed by atoms with van der Waals surface area (Å²) in [6.45, 7) is 1.39. The van der Waals surface area contributed by atoms with Crippen LogP contribution in [0.3, 0.4) is 0 Å². The summed E-state index contributed by atoms with van der Waals surface area (Å²) < 4.78 is 9.51. The number of carbonyl (C=O) groups is 1. The molecule has 1 rings (SSSR count). The number of nitrogens with one attached hydrogen (secondary N) is 1. The van der Waals surface area contributed by atoms with E-state index in [4.69, 9.17) is 16.3 Å². The van der Waals surface area contributed by atoms with Gasteiger partial charge in [0.05, 0.1) is 25.8 Å². The monoisotopic (exact) mass is 273 g/mol.